The van der Waals surface area contributed by atoms with Gasteiger partial charge in [0.1, 0.15) is 6.26 Å². The lowest BCUT2D eigenvalue weighted by atomic mass is 10.3. The second-order valence-corrected chi connectivity index (χ2v) is 2.46. The normalized spacial score (nSPS) is 9.89. The van der Waals surface area contributed by atoms with Crippen molar-refractivity contribution >= 4 is 21.7 Å². The van der Waals surface area contributed by atoms with E-state index in [4.69, 9.17) is 5.73 Å². The van der Waals surface area contributed by atoms with Crippen LogP contribution in [0.25, 0.3) is 0 Å². The molecule has 0 atom stereocenters. The summed E-state index contributed by atoms with van der Waals surface area (Å²) in [6, 6.07) is 0. The number of nitrogen functional groups attached to an aromatic ring is 1. The quantitative estimate of drug-likeness (QED) is 0.714. The van der Waals surface area contributed by atoms with Crippen molar-refractivity contribution < 1.29 is 4.52 Å². The van der Waals surface area contributed by atoms with Gasteiger partial charge < -0.3 is 10.3 Å². The minimum Gasteiger partial charge on any atom is -0.381 e. The first kappa shape index (κ1) is 6.61. The van der Waals surface area contributed by atoms with Gasteiger partial charge in [-0.1, -0.05) is 21.1 Å². The third kappa shape index (κ3) is 1.45. The van der Waals surface area contributed by atoms with Gasteiger partial charge in [-0.15, -0.1) is 0 Å². The summed E-state index contributed by atoms with van der Waals surface area (Å²) in [6.45, 7) is 0. The Bertz CT molecular complexity index is 187. The number of rotatable bonds is 2. The maximum absolute atomic E-state index is 5.40. The van der Waals surface area contributed by atoms with Crippen molar-refractivity contribution in [3.05, 3.63) is 11.8 Å². The summed E-state index contributed by atoms with van der Waals surface area (Å²) in [7, 11) is 0. The molecule has 0 unspecified atom stereocenters. The maximum Gasteiger partial charge on any atom is 0.170 e. The number of nitrogens with zero attached hydrogens (tertiary/aromatic N) is 1. The lowest BCUT2D eigenvalue weighted by molar-refractivity contribution is 0.422. The highest BCUT2D eigenvalue weighted by molar-refractivity contribution is 9.09. The monoisotopic (exact) mass is 190 g/mol. The van der Waals surface area contributed by atoms with E-state index in [1.54, 1.807) is 6.26 Å². The summed E-state index contributed by atoms with van der Waals surface area (Å²) in [5.74, 6) is 0.495. The molecule has 0 spiro atoms. The highest BCUT2D eigenvalue weighted by Crippen LogP contribution is 2.09. The minimum atomic E-state index is 0.495. The van der Waals surface area contributed by atoms with Crippen molar-refractivity contribution in [1.29, 1.82) is 0 Å². The van der Waals surface area contributed by atoms with Crippen LogP contribution < -0.4 is 5.73 Å². The molecule has 1 heterocycles. The predicted molar refractivity (Wildman–Crippen MR) is 38.4 cm³/mol. The Morgan fingerprint density at radius 1 is 1.78 bits per heavy atom. The number of alkyl halides is 1. The van der Waals surface area contributed by atoms with Crippen molar-refractivity contribution in [2.24, 2.45) is 0 Å². The van der Waals surface area contributed by atoms with E-state index in [0.29, 0.717) is 5.82 Å². The lowest BCUT2D eigenvalue weighted by Crippen LogP contribution is -1.91. The van der Waals surface area contributed by atoms with Crippen LogP contribution >= 0.6 is 15.9 Å². The Hall–Kier alpha value is -0.510. The van der Waals surface area contributed by atoms with Gasteiger partial charge in [0.15, 0.2) is 5.82 Å². The number of anilines is 1. The summed E-state index contributed by atoms with van der Waals surface area (Å²) in [4.78, 5) is 0. The Kier molecular flexibility index (Phi) is 2.10. The molecule has 0 saturated carbocycles. The van der Waals surface area contributed by atoms with E-state index in [-0.39, 0.29) is 0 Å². The Balaban J connectivity index is 2.69. The molecule has 2 N–H and O–H groups in total. The molecule has 50 valence electrons. The third-order valence-corrected chi connectivity index (χ3v) is 1.44. The Labute approximate surface area is 61.3 Å². The fraction of sp³-hybridized carbons (Fsp3) is 0.400. The minimum absolute atomic E-state index is 0.495. The van der Waals surface area contributed by atoms with Gasteiger partial charge >= 0.3 is 0 Å². The summed E-state index contributed by atoms with van der Waals surface area (Å²) in [5, 5.41) is 4.40. The van der Waals surface area contributed by atoms with Gasteiger partial charge in [-0.3, -0.25) is 0 Å². The fourth-order valence-electron chi connectivity index (χ4n) is 0.555. The van der Waals surface area contributed by atoms with Crippen molar-refractivity contribution in [3.8, 4) is 0 Å². The van der Waals surface area contributed by atoms with Crippen LogP contribution in [-0.4, -0.2) is 10.5 Å². The number of hydrogen-bond acceptors (Lipinski definition) is 3. The smallest absolute Gasteiger partial charge is 0.170 e. The first-order chi connectivity index (χ1) is 4.34. The molecule has 1 aromatic heterocycles. The number of aromatic nitrogens is 1. The summed E-state index contributed by atoms with van der Waals surface area (Å²) in [5.41, 5.74) is 6.37. The molecule has 1 aromatic rings. The summed E-state index contributed by atoms with van der Waals surface area (Å²) >= 11 is 3.28. The second kappa shape index (κ2) is 2.87. The van der Waals surface area contributed by atoms with Crippen LogP contribution in [0.15, 0.2) is 10.8 Å². The molecule has 3 nitrogen and oxygen atoms in total. The molecule has 0 aliphatic heterocycles. The lowest BCUT2D eigenvalue weighted by Gasteiger charge is -1.87. The molecule has 0 radical (unpaired) electrons. The maximum atomic E-state index is 5.40. The Morgan fingerprint density at radius 3 is 3.00 bits per heavy atom. The largest absolute Gasteiger partial charge is 0.381 e. The van der Waals surface area contributed by atoms with Crippen molar-refractivity contribution in [3.63, 3.8) is 0 Å². The molecule has 0 amide bonds. The topological polar surface area (TPSA) is 52.0 Å². The van der Waals surface area contributed by atoms with Crippen molar-refractivity contribution in [1.82, 2.24) is 5.16 Å². The van der Waals surface area contributed by atoms with Crippen LogP contribution in [0.5, 0.6) is 0 Å². The van der Waals surface area contributed by atoms with Gasteiger partial charge in [-0.2, -0.15) is 0 Å². The molecule has 0 aliphatic rings. The zero-order chi connectivity index (χ0) is 6.69. The molecule has 0 aromatic carbocycles. The molecule has 0 fully saturated rings. The first-order valence-corrected chi connectivity index (χ1v) is 3.71. The first-order valence-electron chi connectivity index (χ1n) is 2.59. The number of nitrogens with two attached hydrogens (primary N) is 1. The van der Waals surface area contributed by atoms with Gasteiger partial charge in [0.2, 0.25) is 0 Å². The molecular formula is C5H7BrN2O. The standard InChI is InChI=1S/C5H7BrN2O/c6-2-1-4-3-9-8-5(4)7/h3H,1-2H2,(H2,7,8). The average molecular weight is 191 g/mol. The molecule has 0 bridgehead atoms. The SMILES string of the molecule is Nc1nocc1CCBr. The zero-order valence-corrected chi connectivity index (χ0v) is 6.39. The van der Waals surface area contributed by atoms with E-state index in [9.17, 15) is 0 Å². The molecule has 0 saturated heterocycles. The second-order valence-electron chi connectivity index (χ2n) is 1.66. The van der Waals surface area contributed by atoms with E-state index in [0.717, 1.165) is 17.3 Å². The predicted octanol–water partition coefficient (Wildman–Crippen LogP) is 1.19. The van der Waals surface area contributed by atoms with E-state index in [1.165, 1.54) is 0 Å². The average Bonchev–Trinajstić information content (AvgIpc) is 2.18. The number of hydrogen-bond donors (Lipinski definition) is 1. The van der Waals surface area contributed by atoms with Crippen LogP contribution in [0, 0.1) is 0 Å². The highest BCUT2D eigenvalue weighted by atomic mass is 79.9. The number of halogens is 1. The van der Waals surface area contributed by atoms with Crippen LogP contribution in [0.3, 0.4) is 0 Å². The van der Waals surface area contributed by atoms with E-state index in [2.05, 4.69) is 25.6 Å². The van der Waals surface area contributed by atoms with Crippen molar-refractivity contribution in [2.75, 3.05) is 11.1 Å². The zero-order valence-electron chi connectivity index (χ0n) is 4.80. The molecule has 9 heavy (non-hydrogen) atoms. The molecule has 1 rings (SSSR count). The summed E-state index contributed by atoms with van der Waals surface area (Å²) < 4.78 is 4.60. The van der Waals surface area contributed by atoms with Gasteiger partial charge in [0.05, 0.1) is 0 Å². The fourth-order valence-corrected chi connectivity index (χ4v) is 0.982. The molecule has 4 heteroatoms. The Morgan fingerprint density at radius 2 is 2.56 bits per heavy atom. The van der Waals surface area contributed by atoms with Crippen LogP contribution in [0.2, 0.25) is 0 Å². The van der Waals surface area contributed by atoms with Crippen molar-refractivity contribution in [2.45, 2.75) is 6.42 Å². The van der Waals surface area contributed by atoms with E-state index in [1.807, 2.05) is 0 Å². The highest BCUT2D eigenvalue weighted by Gasteiger charge is 2.00. The van der Waals surface area contributed by atoms with Gasteiger partial charge in [0, 0.05) is 10.9 Å². The third-order valence-electron chi connectivity index (χ3n) is 1.04. The van der Waals surface area contributed by atoms with E-state index < -0.39 is 0 Å². The summed E-state index contributed by atoms with van der Waals surface area (Å²) in [6.07, 6.45) is 2.44. The van der Waals surface area contributed by atoms with Crippen LogP contribution in [0.1, 0.15) is 5.56 Å². The number of aryl methyl sites for hydroxylation is 1. The van der Waals surface area contributed by atoms with Crippen LogP contribution in [0.4, 0.5) is 5.82 Å². The molecule has 0 aliphatic carbocycles. The van der Waals surface area contributed by atoms with Gasteiger partial charge in [-0.25, -0.2) is 0 Å². The van der Waals surface area contributed by atoms with E-state index >= 15 is 0 Å². The van der Waals surface area contributed by atoms with Gasteiger partial charge in [-0.05, 0) is 6.42 Å². The van der Waals surface area contributed by atoms with Crippen LogP contribution in [-0.2, 0) is 6.42 Å². The molecular weight excluding hydrogens is 184 g/mol. The van der Waals surface area contributed by atoms with Gasteiger partial charge in [0.25, 0.3) is 0 Å².